The van der Waals surface area contributed by atoms with E-state index in [2.05, 4.69) is 5.48 Å². The summed E-state index contributed by atoms with van der Waals surface area (Å²) in [6, 6.07) is 6.38. The predicted molar refractivity (Wildman–Crippen MR) is 61.9 cm³/mol. The van der Waals surface area contributed by atoms with Crippen LogP contribution in [0.25, 0.3) is 0 Å². The Morgan fingerprint density at radius 1 is 1.44 bits per heavy atom. The van der Waals surface area contributed by atoms with Crippen molar-refractivity contribution < 1.29 is 14.7 Å². The lowest BCUT2D eigenvalue weighted by Crippen LogP contribution is -2.18. The van der Waals surface area contributed by atoms with Gasteiger partial charge in [0.1, 0.15) is 5.75 Å². The predicted octanol–water partition coefficient (Wildman–Crippen LogP) is 2.70. The van der Waals surface area contributed by atoms with Gasteiger partial charge in [0.15, 0.2) is 0 Å². The summed E-state index contributed by atoms with van der Waals surface area (Å²) in [5, 5.41) is 9.18. The van der Waals surface area contributed by atoms with Crippen LogP contribution >= 0.6 is 0 Å². The van der Waals surface area contributed by atoms with Crippen molar-refractivity contribution >= 4 is 11.7 Å². The van der Waals surface area contributed by atoms with E-state index >= 15 is 0 Å². The van der Waals surface area contributed by atoms with Gasteiger partial charge in [0.05, 0.1) is 12.1 Å². The average molecular weight is 223 g/mol. The van der Waals surface area contributed by atoms with Crippen LogP contribution in [0.15, 0.2) is 24.3 Å². The first-order chi connectivity index (χ1) is 7.37. The number of hydrogen-bond donors (Lipinski definition) is 2. The molecule has 0 unspecified atom stereocenters. The molecule has 0 fully saturated rings. The molecule has 1 aromatic carbocycles. The van der Waals surface area contributed by atoms with E-state index in [0.717, 1.165) is 0 Å². The standard InChI is InChI=1S/C12H17NO3/c1-12(2,3)8-11(15)16-13-9-5-4-6-10(14)7-9/h4-7,13-14H,8H2,1-3H3. The summed E-state index contributed by atoms with van der Waals surface area (Å²) >= 11 is 0. The summed E-state index contributed by atoms with van der Waals surface area (Å²) < 4.78 is 0. The van der Waals surface area contributed by atoms with E-state index in [0.29, 0.717) is 12.1 Å². The Morgan fingerprint density at radius 2 is 2.12 bits per heavy atom. The molecule has 0 aliphatic rings. The normalized spacial score (nSPS) is 10.9. The molecule has 88 valence electrons. The van der Waals surface area contributed by atoms with Crippen LogP contribution in [-0.4, -0.2) is 11.1 Å². The molecule has 0 aliphatic carbocycles. The molecule has 0 saturated heterocycles. The average Bonchev–Trinajstić information content (AvgIpc) is 2.12. The summed E-state index contributed by atoms with van der Waals surface area (Å²) in [5.74, 6) is -0.201. The van der Waals surface area contributed by atoms with Crippen LogP contribution in [-0.2, 0) is 9.63 Å². The van der Waals surface area contributed by atoms with E-state index in [-0.39, 0.29) is 17.1 Å². The number of carbonyl (C=O) groups is 1. The summed E-state index contributed by atoms with van der Waals surface area (Å²) in [4.78, 5) is 16.2. The lowest BCUT2D eigenvalue weighted by Gasteiger charge is -2.16. The minimum absolute atomic E-state index is 0.0996. The minimum Gasteiger partial charge on any atom is -0.508 e. The fraction of sp³-hybridized carbons (Fsp3) is 0.417. The topological polar surface area (TPSA) is 58.6 Å². The molecule has 1 rings (SSSR count). The van der Waals surface area contributed by atoms with Gasteiger partial charge in [0.25, 0.3) is 0 Å². The molecule has 2 N–H and O–H groups in total. The van der Waals surface area contributed by atoms with Crippen LogP contribution in [0, 0.1) is 5.41 Å². The summed E-state index contributed by atoms with van der Waals surface area (Å²) in [7, 11) is 0. The fourth-order valence-corrected chi connectivity index (χ4v) is 1.15. The Morgan fingerprint density at radius 3 is 2.69 bits per heavy atom. The number of phenolic OH excluding ortho intramolecular Hbond substituents is 1. The highest BCUT2D eigenvalue weighted by Crippen LogP contribution is 2.20. The first-order valence-corrected chi connectivity index (χ1v) is 5.11. The second kappa shape index (κ2) is 4.88. The number of anilines is 1. The van der Waals surface area contributed by atoms with E-state index in [4.69, 9.17) is 4.84 Å². The highest BCUT2D eigenvalue weighted by atomic mass is 16.7. The van der Waals surface area contributed by atoms with Gasteiger partial charge in [-0.15, -0.1) is 0 Å². The molecule has 4 heteroatoms. The second-order valence-corrected chi connectivity index (χ2v) is 4.86. The van der Waals surface area contributed by atoms with Crippen LogP contribution < -0.4 is 5.48 Å². The molecule has 1 aromatic rings. The van der Waals surface area contributed by atoms with Gasteiger partial charge < -0.3 is 9.94 Å². The summed E-state index contributed by atoms with van der Waals surface area (Å²) in [6.45, 7) is 5.88. The van der Waals surface area contributed by atoms with Gasteiger partial charge in [0.2, 0.25) is 0 Å². The Kier molecular flexibility index (Phi) is 3.77. The van der Waals surface area contributed by atoms with Gasteiger partial charge in [-0.3, -0.25) is 0 Å². The molecule has 0 aromatic heterocycles. The molecule has 0 spiro atoms. The van der Waals surface area contributed by atoms with E-state index in [1.54, 1.807) is 18.2 Å². The van der Waals surface area contributed by atoms with Gasteiger partial charge in [-0.1, -0.05) is 26.8 Å². The Hall–Kier alpha value is -1.71. The first-order valence-electron chi connectivity index (χ1n) is 5.11. The number of carbonyl (C=O) groups excluding carboxylic acids is 1. The molecular formula is C12H17NO3. The summed E-state index contributed by atoms with van der Waals surface area (Å²) in [5.41, 5.74) is 2.94. The monoisotopic (exact) mass is 223 g/mol. The Bertz CT molecular complexity index is 369. The number of benzene rings is 1. The maximum Gasteiger partial charge on any atom is 0.332 e. The molecular weight excluding hydrogens is 206 g/mol. The van der Waals surface area contributed by atoms with Gasteiger partial charge in [-0.05, 0) is 17.5 Å². The number of aromatic hydroxyl groups is 1. The quantitative estimate of drug-likeness (QED) is 0.773. The minimum atomic E-state index is -0.323. The van der Waals surface area contributed by atoms with Crippen LogP contribution in [0.5, 0.6) is 5.75 Å². The Labute approximate surface area is 95.2 Å². The maximum absolute atomic E-state index is 11.4. The van der Waals surface area contributed by atoms with Gasteiger partial charge in [0, 0.05) is 6.07 Å². The third kappa shape index (κ3) is 4.68. The van der Waals surface area contributed by atoms with E-state index in [1.165, 1.54) is 6.07 Å². The van der Waals surface area contributed by atoms with Crippen LogP contribution in [0.4, 0.5) is 5.69 Å². The van der Waals surface area contributed by atoms with Crippen LogP contribution in [0.3, 0.4) is 0 Å². The molecule has 0 bridgehead atoms. The van der Waals surface area contributed by atoms with E-state index in [1.807, 2.05) is 20.8 Å². The zero-order chi connectivity index (χ0) is 12.2. The third-order valence-corrected chi connectivity index (χ3v) is 1.80. The van der Waals surface area contributed by atoms with Gasteiger partial charge in [-0.25, -0.2) is 10.3 Å². The number of rotatable bonds is 3. The van der Waals surface area contributed by atoms with Crippen LogP contribution in [0.2, 0.25) is 0 Å². The number of nitrogens with one attached hydrogen (secondary N) is 1. The largest absolute Gasteiger partial charge is 0.508 e. The van der Waals surface area contributed by atoms with Crippen molar-refractivity contribution in [3.05, 3.63) is 24.3 Å². The molecule has 0 atom stereocenters. The molecule has 0 radical (unpaired) electrons. The van der Waals surface area contributed by atoms with Crippen molar-refractivity contribution in [2.75, 3.05) is 5.48 Å². The number of phenols is 1. The third-order valence-electron chi connectivity index (χ3n) is 1.80. The zero-order valence-corrected chi connectivity index (χ0v) is 9.78. The van der Waals surface area contributed by atoms with E-state index < -0.39 is 0 Å². The van der Waals surface area contributed by atoms with Gasteiger partial charge >= 0.3 is 5.97 Å². The molecule has 0 amide bonds. The first kappa shape index (κ1) is 12.4. The molecule has 0 heterocycles. The molecule has 0 aliphatic heterocycles. The smallest absolute Gasteiger partial charge is 0.332 e. The lowest BCUT2D eigenvalue weighted by molar-refractivity contribution is -0.142. The van der Waals surface area contributed by atoms with Crippen molar-refractivity contribution in [3.8, 4) is 5.75 Å². The van der Waals surface area contributed by atoms with Crippen molar-refractivity contribution in [1.29, 1.82) is 0 Å². The second-order valence-electron chi connectivity index (χ2n) is 4.86. The Balaban J connectivity index is 2.43. The molecule has 16 heavy (non-hydrogen) atoms. The van der Waals surface area contributed by atoms with Crippen molar-refractivity contribution in [2.45, 2.75) is 27.2 Å². The van der Waals surface area contributed by atoms with Crippen molar-refractivity contribution in [1.82, 2.24) is 0 Å². The molecule has 0 saturated carbocycles. The summed E-state index contributed by atoms with van der Waals surface area (Å²) in [6.07, 6.45) is 0.332. The maximum atomic E-state index is 11.4. The van der Waals surface area contributed by atoms with Gasteiger partial charge in [-0.2, -0.15) is 0 Å². The highest BCUT2D eigenvalue weighted by Gasteiger charge is 2.17. The SMILES string of the molecule is CC(C)(C)CC(=O)ONc1cccc(O)c1. The van der Waals surface area contributed by atoms with Crippen LogP contribution in [0.1, 0.15) is 27.2 Å². The highest BCUT2D eigenvalue weighted by molar-refractivity contribution is 5.71. The molecule has 4 nitrogen and oxygen atoms in total. The van der Waals surface area contributed by atoms with Crippen molar-refractivity contribution in [3.63, 3.8) is 0 Å². The zero-order valence-electron chi connectivity index (χ0n) is 9.78. The van der Waals surface area contributed by atoms with Crippen molar-refractivity contribution in [2.24, 2.45) is 5.41 Å². The lowest BCUT2D eigenvalue weighted by atomic mass is 9.93. The number of hydrogen-bond acceptors (Lipinski definition) is 4. The fourth-order valence-electron chi connectivity index (χ4n) is 1.15. The van der Waals surface area contributed by atoms with E-state index in [9.17, 15) is 9.90 Å².